The molecule has 0 unspecified atom stereocenters. The summed E-state index contributed by atoms with van der Waals surface area (Å²) in [5.74, 6) is -0.920. The molecule has 0 aromatic carbocycles. The van der Waals surface area contributed by atoms with E-state index in [1.807, 2.05) is 10.8 Å². The molecule has 0 radical (unpaired) electrons. The first-order valence-corrected chi connectivity index (χ1v) is 6.39. The number of aromatic carboxylic acids is 1. The summed E-state index contributed by atoms with van der Waals surface area (Å²) in [6.45, 7) is 3.34. The van der Waals surface area contributed by atoms with Crippen molar-refractivity contribution in [3.63, 3.8) is 0 Å². The van der Waals surface area contributed by atoms with Gasteiger partial charge >= 0.3 is 5.97 Å². The second kappa shape index (κ2) is 5.63. The molecule has 2 N–H and O–H groups in total. The standard InChI is InChI=1S/C11H14N4O2S/c1-8-9(10(16)17)18-11(14-8)13-3-2-5-15-6-4-12-7-15/h4,6-7H,2-3,5H2,1H3,(H,13,14)(H,16,17). The summed E-state index contributed by atoms with van der Waals surface area (Å²) < 4.78 is 2.00. The van der Waals surface area contributed by atoms with Crippen LogP contribution in [0.15, 0.2) is 18.7 Å². The minimum absolute atomic E-state index is 0.298. The zero-order chi connectivity index (χ0) is 13.0. The van der Waals surface area contributed by atoms with Crippen molar-refractivity contribution < 1.29 is 9.90 Å². The lowest BCUT2D eigenvalue weighted by atomic mass is 10.4. The van der Waals surface area contributed by atoms with Gasteiger partial charge in [-0.25, -0.2) is 14.8 Å². The van der Waals surface area contributed by atoms with E-state index in [1.165, 1.54) is 11.3 Å². The van der Waals surface area contributed by atoms with Crippen LogP contribution >= 0.6 is 11.3 Å². The zero-order valence-corrected chi connectivity index (χ0v) is 10.8. The fraction of sp³-hybridized carbons (Fsp3) is 0.364. The van der Waals surface area contributed by atoms with Gasteiger partial charge in [-0.15, -0.1) is 0 Å². The van der Waals surface area contributed by atoms with Crippen molar-refractivity contribution >= 4 is 22.4 Å². The molecule has 0 atom stereocenters. The van der Waals surface area contributed by atoms with Crippen LogP contribution < -0.4 is 5.32 Å². The Balaban J connectivity index is 1.80. The molecule has 0 fully saturated rings. The van der Waals surface area contributed by atoms with Gasteiger partial charge in [0.25, 0.3) is 0 Å². The Morgan fingerprint density at radius 2 is 2.44 bits per heavy atom. The molecule has 0 aliphatic rings. The van der Waals surface area contributed by atoms with Crippen LogP contribution in [0.1, 0.15) is 21.8 Å². The van der Waals surface area contributed by atoms with Crippen LogP contribution in [0.3, 0.4) is 0 Å². The Morgan fingerprint density at radius 3 is 3.06 bits per heavy atom. The first kappa shape index (κ1) is 12.6. The number of carbonyl (C=O) groups is 1. The Hall–Kier alpha value is -1.89. The largest absolute Gasteiger partial charge is 0.477 e. The van der Waals surface area contributed by atoms with Gasteiger partial charge in [-0.3, -0.25) is 0 Å². The molecule has 96 valence electrons. The Morgan fingerprint density at radius 1 is 1.61 bits per heavy atom. The van der Waals surface area contributed by atoms with Crippen molar-refractivity contribution in [2.75, 3.05) is 11.9 Å². The number of rotatable bonds is 6. The van der Waals surface area contributed by atoms with E-state index in [-0.39, 0.29) is 0 Å². The summed E-state index contributed by atoms with van der Waals surface area (Å²) >= 11 is 1.17. The fourth-order valence-electron chi connectivity index (χ4n) is 1.55. The Bertz CT molecular complexity index is 521. The first-order chi connectivity index (χ1) is 8.66. The smallest absolute Gasteiger partial charge is 0.347 e. The van der Waals surface area contributed by atoms with Gasteiger partial charge in [-0.05, 0) is 13.3 Å². The highest BCUT2D eigenvalue weighted by Crippen LogP contribution is 2.22. The quantitative estimate of drug-likeness (QED) is 0.780. The molecule has 0 saturated carbocycles. The molecule has 0 spiro atoms. The zero-order valence-electron chi connectivity index (χ0n) is 9.96. The van der Waals surface area contributed by atoms with Crippen LogP contribution in [-0.2, 0) is 6.54 Å². The van der Waals surface area contributed by atoms with E-state index in [4.69, 9.17) is 5.11 Å². The number of aryl methyl sites for hydroxylation is 2. The molecule has 6 nitrogen and oxygen atoms in total. The van der Waals surface area contributed by atoms with Crippen LogP contribution in [0.5, 0.6) is 0 Å². The van der Waals surface area contributed by atoms with E-state index in [0.717, 1.165) is 19.5 Å². The van der Waals surface area contributed by atoms with Gasteiger partial charge in [-0.1, -0.05) is 11.3 Å². The molecule has 0 aliphatic heterocycles. The SMILES string of the molecule is Cc1nc(NCCCn2ccnc2)sc1C(=O)O. The Kier molecular flexibility index (Phi) is 3.93. The summed E-state index contributed by atoms with van der Waals surface area (Å²) in [4.78, 5) is 19.3. The molecule has 18 heavy (non-hydrogen) atoms. The highest BCUT2D eigenvalue weighted by molar-refractivity contribution is 7.17. The molecule has 0 amide bonds. The van der Waals surface area contributed by atoms with Crippen LogP contribution in [0.25, 0.3) is 0 Å². The molecule has 7 heteroatoms. The number of nitrogens with one attached hydrogen (secondary N) is 1. The summed E-state index contributed by atoms with van der Waals surface area (Å²) in [6.07, 6.45) is 6.36. The van der Waals surface area contributed by atoms with Crippen LogP contribution in [0.4, 0.5) is 5.13 Å². The number of hydrogen-bond donors (Lipinski definition) is 2. The summed E-state index contributed by atoms with van der Waals surface area (Å²) in [7, 11) is 0. The lowest BCUT2D eigenvalue weighted by Crippen LogP contribution is -2.05. The predicted molar refractivity (Wildman–Crippen MR) is 69.1 cm³/mol. The fourth-order valence-corrected chi connectivity index (χ4v) is 2.38. The molecule has 2 aromatic rings. The number of hydrogen-bond acceptors (Lipinski definition) is 5. The second-order valence-corrected chi connectivity index (χ2v) is 4.82. The number of imidazole rings is 1. The number of anilines is 1. The highest BCUT2D eigenvalue weighted by Gasteiger charge is 2.13. The maximum absolute atomic E-state index is 10.9. The normalized spacial score (nSPS) is 10.5. The molecule has 2 heterocycles. The van der Waals surface area contributed by atoms with Crippen molar-refractivity contribution in [3.05, 3.63) is 29.3 Å². The van der Waals surface area contributed by atoms with E-state index in [1.54, 1.807) is 19.4 Å². The molecule has 2 aromatic heterocycles. The summed E-state index contributed by atoms with van der Waals surface area (Å²) in [5, 5.41) is 12.7. The average molecular weight is 266 g/mol. The van der Waals surface area contributed by atoms with Crippen LogP contribution in [-0.4, -0.2) is 32.2 Å². The predicted octanol–water partition coefficient (Wildman–Crippen LogP) is 1.85. The van der Waals surface area contributed by atoms with Crippen molar-refractivity contribution in [1.29, 1.82) is 0 Å². The minimum Gasteiger partial charge on any atom is -0.477 e. The first-order valence-electron chi connectivity index (χ1n) is 5.57. The van der Waals surface area contributed by atoms with Crippen molar-refractivity contribution in [3.8, 4) is 0 Å². The Labute approximate surface area is 108 Å². The number of thiazole rings is 1. The maximum atomic E-state index is 10.9. The summed E-state index contributed by atoms with van der Waals surface area (Å²) in [5.41, 5.74) is 0.560. The molecular formula is C11H14N4O2S. The van der Waals surface area contributed by atoms with Gasteiger partial charge in [0.15, 0.2) is 5.13 Å². The van der Waals surface area contributed by atoms with Gasteiger partial charge < -0.3 is 15.0 Å². The van der Waals surface area contributed by atoms with Gasteiger partial charge in [0, 0.05) is 25.5 Å². The lowest BCUT2D eigenvalue weighted by Gasteiger charge is -2.03. The number of carboxylic acid groups (broad SMARTS) is 1. The molecule has 2 rings (SSSR count). The van der Waals surface area contributed by atoms with Crippen molar-refractivity contribution in [1.82, 2.24) is 14.5 Å². The van der Waals surface area contributed by atoms with E-state index < -0.39 is 5.97 Å². The van der Waals surface area contributed by atoms with Gasteiger partial charge in [0.1, 0.15) is 4.88 Å². The van der Waals surface area contributed by atoms with Crippen molar-refractivity contribution in [2.24, 2.45) is 0 Å². The second-order valence-electron chi connectivity index (χ2n) is 3.82. The van der Waals surface area contributed by atoms with Gasteiger partial charge in [-0.2, -0.15) is 0 Å². The summed E-state index contributed by atoms with van der Waals surface area (Å²) in [6, 6.07) is 0. The van der Waals surface area contributed by atoms with Gasteiger partial charge in [0.05, 0.1) is 12.0 Å². The maximum Gasteiger partial charge on any atom is 0.347 e. The third-order valence-electron chi connectivity index (χ3n) is 2.42. The minimum atomic E-state index is -0.920. The van der Waals surface area contributed by atoms with Crippen LogP contribution in [0.2, 0.25) is 0 Å². The molecular weight excluding hydrogens is 252 g/mol. The van der Waals surface area contributed by atoms with Crippen molar-refractivity contribution in [2.45, 2.75) is 19.9 Å². The molecule has 0 aliphatic carbocycles. The monoisotopic (exact) mass is 266 g/mol. The third-order valence-corrected chi connectivity index (χ3v) is 3.52. The van der Waals surface area contributed by atoms with E-state index in [2.05, 4.69) is 15.3 Å². The van der Waals surface area contributed by atoms with E-state index >= 15 is 0 Å². The number of nitrogens with zero attached hydrogens (tertiary/aromatic N) is 3. The topological polar surface area (TPSA) is 80.0 Å². The third kappa shape index (κ3) is 3.07. The van der Waals surface area contributed by atoms with E-state index in [9.17, 15) is 4.79 Å². The number of carboxylic acids is 1. The van der Waals surface area contributed by atoms with Crippen LogP contribution in [0, 0.1) is 6.92 Å². The number of aromatic nitrogens is 3. The van der Waals surface area contributed by atoms with E-state index in [0.29, 0.717) is 15.7 Å². The average Bonchev–Trinajstić information content (AvgIpc) is 2.94. The molecule has 0 saturated heterocycles. The lowest BCUT2D eigenvalue weighted by molar-refractivity contribution is 0.0701. The molecule has 0 bridgehead atoms. The van der Waals surface area contributed by atoms with Gasteiger partial charge in [0.2, 0.25) is 0 Å². The highest BCUT2D eigenvalue weighted by atomic mass is 32.1.